The molecular weight excluding hydrogens is 250 g/mol. The molecule has 1 unspecified atom stereocenters. The van der Waals surface area contributed by atoms with Crippen molar-refractivity contribution in [2.75, 3.05) is 19.8 Å². The average Bonchev–Trinajstić information content (AvgIpc) is 2.29. The van der Waals surface area contributed by atoms with Crippen LogP contribution >= 0.6 is 0 Å². The molecule has 10 heteroatoms. The Morgan fingerprint density at radius 1 is 1.28 bits per heavy atom. The fourth-order valence-corrected chi connectivity index (χ4v) is 1.32. The molecule has 4 amide bonds. The number of carboxylic acids is 2. The predicted octanol–water partition coefficient (Wildman–Crippen LogP) is -1.77. The van der Waals surface area contributed by atoms with Crippen molar-refractivity contribution in [3.63, 3.8) is 0 Å². The number of amides is 4. The Morgan fingerprint density at radius 2 is 1.89 bits per heavy atom. The van der Waals surface area contributed by atoms with E-state index in [0.717, 1.165) is 0 Å². The zero-order valence-electron chi connectivity index (χ0n) is 9.08. The summed E-state index contributed by atoms with van der Waals surface area (Å²) in [5.41, 5.74) is 0. The fraction of sp³-hybridized carbons (Fsp3) is 0.500. The second kappa shape index (κ2) is 5.82. The molecule has 0 aliphatic carbocycles. The number of rotatable bonds is 0. The molecule has 2 aliphatic heterocycles. The number of carboxylic acid groups (broad SMARTS) is 2. The smallest absolute Gasteiger partial charge is 0.414 e. The number of hydrogen-bond donors (Lipinski definition) is 4. The summed E-state index contributed by atoms with van der Waals surface area (Å²) in [5.74, 6) is -3.65. The number of carbonyl (C=O) groups excluding carboxylic acids is 2. The number of carbonyl (C=O) groups is 4. The molecule has 2 heterocycles. The second-order valence-corrected chi connectivity index (χ2v) is 3.30. The molecule has 0 saturated carbocycles. The van der Waals surface area contributed by atoms with Gasteiger partial charge in [0, 0.05) is 6.54 Å². The Labute approximate surface area is 100 Å². The quantitative estimate of drug-likeness (QED) is 0.377. The van der Waals surface area contributed by atoms with E-state index < -0.39 is 18.0 Å². The Balaban J connectivity index is 0.000000232. The van der Waals surface area contributed by atoms with Gasteiger partial charge >= 0.3 is 24.0 Å². The monoisotopic (exact) mass is 261 g/mol. The summed E-state index contributed by atoms with van der Waals surface area (Å²) in [4.78, 5) is 41.7. The van der Waals surface area contributed by atoms with Crippen LogP contribution in [0.3, 0.4) is 0 Å². The lowest BCUT2D eigenvalue weighted by Gasteiger charge is -2.38. The maximum absolute atomic E-state index is 11.1. The molecule has 0 aromatic carbocycles. The van der Waals surface area contributed by atoms with Crippen LogP contribution < -0.4 is 10.6 Å². The summed E-state index contributed by atoms with van der Waals surface area (Å²) < 4.78 is 5.10. The van der Waals surface area contributed by atoms with Crippen LogP contribution in [0.4, 0.5) is 9.59 Å². The van der Waals surface area contributed by atoms with Crippen molar-refractivity contribution >= 4 is 24.0 Å². The van der Waals surface area contributed by atoms with Gasteiger partial charge in [-0.1, -0.05) is 0 Å². The molecule has 2 rings (SSSR count). The van der Waals surface area contributed by atoms with Crippen LogP contribution in [0.5, 0.6) is 0 Å². The third-order valence-electron chi connectivity index (χ3n) is 2.09. The predicted molar refractivity (Wildman–Crippen MR) is 53.6 cm³/mol. The van der Waals surface area contributed by atoms with E-state index in [2.05, 4.69) is 10.6 Å². The molecule has 10 nitrogen and oxygen atoms in total. The zero-order valence-corrected chi connectivity index (χ0v) is 9.08. The lowest BCUT2D eigenvalue weighted by atomic mass is 10.3. The van der Waals surface area contributed by atoms with E-state index in [1.807, 2.05) is 0 Å². The molecule has 1 atom stereocenters. The highest BCUT2D eigenvalue weighted by Crippen LogP contribution is 2.07. The van der Waals surface area contributed by atoms with Gasteiger partial charge in [0.2, 0.25) is 0 Å². The Bertz CT molecular complexity index is 371. The molecule has 4 N–H and O–H groups in total. The third kappa shape index (κ3) is 3.59. The first kappa shape index (κ1) is 13.7. The summed E-state index contributed by atoms with van der Waals surface area (Å²) >= 11 is 0. The van der Waals surface area contributed by atoms with Crippen molar-refractivity contribution in [2.24, 2.45) is 0 Å². The Hall–Kier alpha value is -2.36. The SMILES string of the molecule is O=C(O)C(=O)O.O=C1NC(=O)N2CCOCC2N1. The van der Waals surface area contributed by atoms with Crippen LogP contribution in [-0.2, 0) is 14.3 Å². The number of fused-ring (bicyclic) bond motifs is 1. The van der Waals surface area contributed by atoms with Crippen LogP contribution in [0.2, 0.25) is 0 Å². The largest absolute Gasteiger partial charge is 0.473 e. The van der Waals surface area contributed by atoms with E-state index in [-0.39, 0.29) is 12.2 Å². The molecule has 0 bridgehead atoms. The van der Waals surface area contributed by atoms with Gasteiger partial charge in [-0.25, -0.2) is 19.2 Å². The normalized spacial score (nSPS) is 21.8. The van der Waals surface area contributed by atoms with Crippen LogP contribution in [-0.4, -0.2) is 65.0 Å². The fourth-order valence-electron chi connectivity index (χ4n) is 1.32. The molecule has 18 heavy (non-hydrogen) atoms. The summed E-state index contributed by atoms with van der Waals surface area (Å²) in [5, 5.41) is 19.5. The molecule has 2 aliphatic rings. The summed E-state index contributed by atoms with van der Waals surface area (Å²) in [7, 11) is 0. The van der Waals surface area contributed by atoms with E-state index in [0.29, 0.717) is 19.8 Å². The van der Waals surface area contributed by atoms with E-state index in [4.69, 9.17) is 24.5 Å². The van der Waals surface area contributed by atoms with Gasteiger partial charge in [-0.15, -0.1) is 0 Å². The maximum Gasteiger partial charge on any atom is 0.414 e. The van der Waals surface area contributed by atoms with Crippen molar-refractivity contribution in [1.82, 2.24) is 15.5 Å². The molecule has 100 valence electrons. The summed E-state index contributed by atoms with van der Waals surface area (Å²) in [6.45, 7) is 1.43. The molecule has 0 spiro atoms. The van der Waals surface area contributed by atoms with Crippen LogP contribution in [0, 0.1) is 0 Å². The van der Waals surface area contributed by atoms with Crippen LogP contribution in [0.25, 0.3) is 0 Å². The lowest BCUT2D eigenvalue weighted by Crippen LogP contribution is -2.67. The number of morpholine rings is 1. The summed E-state index contributed by atoms with van der Waals surface area (Å²) in [6.07, 6.45) is -0.292. The number of ether oxygens (including phenoxy) is 1. The standard InChI is InChI=1S/C6H9N3O3.C2H2O4/c10-5-7-4-3-12-2-1-9(4)6(11)8-5;3-1(4)2(5)6/h4H,1-3H2,(H2,7,8,10,11);(H,3,4)(H,5,6). The minimum Gasteiger partial charge on any atom is -0.473 e. The van der Waals surface area contributed by atoms with E-state index in [1.165, 1.54) is 0 Å². The second-order valence-electron chi connectivity index (χ2n) is 3.30. The highest BCUT2D eigenvalue weighted by atomic mass is 16.5. The summed E-state index contributed by atoms with van der Waals surface area (Å²) in [6, 6.07) is -0.793. The van der Waals surface area contributed by atoms with E-state index in [9.17, 15) is 9.59 Å². The van der Waals surface area contributed by atoms with Gasteiger partial charge in [0.15, 0.2) is 0 Å². The third-order valence-corrected chi connectivity index (χ3v) is 2.09. The topological polar surface area (TPSA) is 145 Å². The number of aliphatic carboxylic acids is 2. The minimum atomic E-state index is -1.82. The van der Waals surface area contributed by atoms with Gasteiger partial charge in [-0.2, -0.15) is 0 Å². The van der Waals surface area contributed by atoms with Crippen LogP contribution in [0.1, 0.15) is 0 Å². The first-order valence-electron chi connectivity index (χ1n) is 4.84. The first-order valence-corrected chi connectivity index (χ1v) is 4.84. The molecule has 0 aromatic heterocycles. The van der Waals surface area contributed by atoms with Gasteiger partial charge in [0.1, 0.15) is 6.17 Å². The zero-order chi connectivity index (χ0) is 13.7. The van der Waals surface area contributed by atoms with Gasteiger partial charge < -0.3 is 20.3 Å². The van der Waals surface area contributed by atoms with Crippen molar-refractivity contribution in [2.45, 2.75) is 6.17 Å². The van der Waals surface area contributed by atoms with Crippen molar-refractivity contribution in [1.29, 1.82) is 0 Å². The molecule has 0 aromatic rings. The molecular formula is C8H11N3O7. The average molecular weight is 261 g/mol. The van der Waals surface area contributed by atoms with Gasteiger partial charge in [-0.3, -0.25) is 10.2 Å². The highest BCUT2D eigenvalue weighted by Gasteiger charge is 2.33. The van der Waals surface area contributed by atoms with Crippen LogP contribution in [0.15, 0.2) is 0 Å². The Kier molecular flexibility index (Phi) is 4.43. The minimum absolute atomic E-state index is 0.292. The van der Waals surface area contributed by atoms with Gasteiger partial charge in [-0.05, 0) is 0 Å². The maximum atomic E-state index is 11.1. The lowest BCUT2D eigenvalue weighted by molar-refractivity contribution is -0.159. The molecule has 2 saturated heterocycles. The number of nitrogens with zero attached hydrogens (tertiary/aromatic N) is 1. The van der Waals surface area contributed by atoms with Crippen molar-refractivity contribution < 1.29 is 34.1 Å². The first-order chi connectivity index (χ1) is 8.41. The highest BCUT2D eigenvalue weighted by molar-refractivity contribution is 6.27. The molecule has 0 radical (unpaired) electrons. The number of imide groups is 1. The van der Waals surface area contributed by atoms with E-state index >= 15 is 0 Å². The van der Waals surface area contributed by atoms with Crippen molar-refractivity contribution in [3.8, 4) is 0 Å². The molecule has 2 fully saturated rings. The number of nitrogens with one attached hydrogen (secondary N) is 2. The van der Waals surface area contributed by atoms with E-state index in [1.54, 1.807) is 4.90 Å². The van der Waals surface area contributed by atoms with Gasteiger partial charge in [0.25, 0.3) is 0 Å². The van der Waals surface area contributed by atoms with Crippen molar-refractivity contribution in [3.05, 3.63) is 0 Å². The number of urea groups is 2. The number of hydrogen-bond acceptors (Lipinski definition) is 5. The van der Waals surface area contributed by atoms with Gasteiger partial charge in [0.05, 0.1) is 13.2 Å². The Morgan fingerprint density at radius 3 is 2.44 bits per heavy atom.